The number of alkyl carbamates (subject to hydrolysis) is 1. The Morgan fingerprint density at radius 1 is 0.804 bits per heavy atom. The van der Waals surface area contributed by atoms with Crippen LogP contribution in [0.1, 0.15) is 46.5 Å². The third kappa shape index (κ3) is 14.4. The summed E-state index contributed by atoms with van der Waals surface area (Å²) in [6.07, 6.45) is -1.42. The Bertz CT molecular complexity index is 1410. The molecule has 1 unspecified atom stereocenters. The van der Waals surface area contributed by atoms with Gasteiger partial charge in [-0.15, -0.1) is 0 Å². The highest BCUT2D eigenvalue weighted by atomic mass is 16.6. The van der Waals surface area contributed by atoms with E-state index < -0.39 is 53.8 Å². The average molecular weight is 642 g/mol. The minimum Gasteiger partial charge on any atom is -0.481 e. The minimum absolute atomic E-state index is 0.0310. The van der Waals surface area contributed by atoms with E-state index in [4.69, 9.17) is 10.5 Å². The zero-order valence-electron chi connectivity index (χ0n) is 25.7. The van der Waals surface area contributed by atoms with Crippen LogP contribution in [0, 0.1) is 5.92 Å². The summed E-state index contributed by atoms with van der Waals surface area (Å²) in [6, 6.07) is 11.6. The van der Waals surface area contributed by atoms with Gasteiger partial charge in [0.15, 0.2) is 0 Å². The summed E-state index contributed by atoms with van der Waals surface area (Å²) in [5.41, 5.74) is 6.50. The molecule has 4 amide bonds. The van der Waals surface area contributed by atoms with Crippen LogP contribution in [0.5, 0.6) is 0 Å². The number of carbonyl (C=O) groups is 6. The number of carbonyl (C=O) groups excluding carboxylic acids is 4. The van der Waals surface area contributed by atoms with Crippen molar-refractivity contribution in [2.75, 3.05) is 23.7 Å². The largest absolute Gasteiger partial charge is 0.481 e. The van der Waals surface area contributed by atoms with Crippen LogP contribution in [0.3, 0.4) is 0 Å². The molecule has 0 aromatic heterocycles. The Labute approximate surface area is 265 Å². The standard InChI is InChI=1S/C30H39N7O9/c1-30(2,3)46-29(45)35-23(28(43)44)15-18(27(41)42)5-4-6-24(38)32-17-26(40)34-20-9-13-22(14-10-20)37-36-21-11-7-19(8-12-21)33-25(39)16-31/h7-14,18,23H,4-6,15-17,31H2,1-3H3,(H,32,38)(H,33,39)(H,34,40)(H,35,45)(H,41,42)(H,43,44)/t18?,23-/m0/s1. The van der Waals surface area contributed by atoms with Gasteiger partial charge in [0.2, 0.25) is 17.7 Å². The summed E-state index contributed by atoms with van der Waals surface area (Å²) in [7, 11) is 0. The normalized spacial score (nSPS) is 12.4. The van der Waals surface area contributed by atoms with Crippen molar-refractivity contribution in [2.24, 2.45) is 21.9 Å². The number of hydrogen-bond donors (Lipinski definition) is 7. The lowest BCUT2D eigenvalue weighted by Gasteiger charge is -2.23. The monoisotopic (exact) mass is 641 g/mol. The summed E-state index contributed by atoms with van der Waals surface area (Å²) in [4.78, 5) is 71.1. The van der Waals surface area contributed by atoms with Crippen LogP contribution in [0.25, 0.3) is 0 Å². The summed E-state index contributed by atoms with van der Waals surface area (Å²) < 4.78 is 5.03. The Hall–Kier alpha value is -5.38. The molecule has 0 saturated carbocycles. The molecule has 0 aliphatic heterocycles. The fourth-order valence-electron chi connectivity index (χ4n) is 3.83. The molecule has 2 rings (SSSR count). The third-order valence-electron chi connectivity index (χ3n) is 6.03. The molecule has 0 aliphatic rings. The zero-order valence-corrected chi connectivity index (χ0v) is 25.7. The molecule has 0 heterocycles. The molecule has 0 aliphatic carbocycles. The van der Waals surface area contributed by atoms with Gasteiger partial charge in [0.1, 0.15) is 11.6 Å². The van der Waals surface area contributed by atoms with Crippen LogP contribution < -0.4 is 27.0 Å². The second-order valence-corrected chi connectivity index (χ2v) is 11.1. The summed E-state index contributed by atoms with van der Waals surface area (Å²) >= 11 is 0. The van der Waals surface area contributed by atoms with Crippen molar-refractivity contribution in [1.82, 2.24) is 10.6 Å². The zero-order chi connectivity index (χ0) is 34.3. The molecule has 248 valence electrons. The van der Waals surface area contributed by atoms with Gasteiger partial charge in [0.25, 0.3) is 0 Å². The lowest BCUT2D eigenvalue weighted by Crippen LogP contribution is -2.45. The first kappa shape index (κ1) is 36.8. The van der Waals surface area contributed by atoms with Gasteiger partial charge >= 0.3 is 18.0 Å². The molecule has 16 nitrogen and oxygen atoms in total. The molecule has 0 fully saturated rings. The topological polar surface area (TPSA) is 251 Å². The highest BCUT2D eigenvalue weighted by molar-refractivity contribution is 5.94. The number of carboxylic acid groups (broad SMARTS) is 2. The molecule has 0 radical (unpaired) electrons. The van der Waals surface area contributed by atoms with Gasteiger partial charge in [-0.05, 0) is 88.6 Å². The number of carboxylic acids is 2. The molecule has 0 spiro atoms. The first-order valence-electron chi connectivity index (χ1n) is 14.3. The van der Waals surface area contributed by atoms with Gasteiger partial charge in [-0.3, -0.25) is 19.2 Å². The van der Waals surface area contributed by atoms with Crippen molar-refractivity contribution < 1.29 is 43.7 Å². The SMILES string of the molecule is CC(C)(C)OC(=O)N[C@@H](CC(CCCC(=O)NCC(=O)Nc1ccc(N=Nc2ccc(NC(=O)CN)cc2)cc1)C(=O)O)C(=O)O. The van der Waals surface area contributed by atoms with Crippen molar-refractivity contribution in [3.8, 4) is 0 Å². The predicted molar refractivity (Wildman–Crippen MR) is 167 cm³/mol. The van der Waals surface area contributed by atoms with Crippen LogP contribution in [0.4, 0.5) is 27.5 Å². The number of benzene rings is 2. The fourth-order valence-corrected chi connectivity index (χ4v) is 3.83. The van der Waals surface area contributed by atoms with Crippen LogP contribution in [-0.4, -0.2) is 70.7 Å². The van der Waals surface area contributed by atoms with Crippen LogP contribution in [0.15, 0.2) is 58.8 Å². The quantitative estimate of drug-likeness (QED) is 0.132. The molecule has 8 N–H and O–H groups in total. The first-order chi connectivity index (χ1) is 21.6. The van der Waals surface area contributed by atoms with Gasteiger partial charge in [0, 0.05) is 17.8 Å². The number of nitrogens with zero attached hydrogens (tertiary/aromatic N) is 2. The number of nitrogens with two attached hydrogens (primary N) is 1. The van der Waals surface area contributed by atoms with Crippen molar-refractivity contribution in [3.63, 3.8) is 0 Å². The third-order valence-corrected chi connectivity index (χ3v) is 6.03. The van der Waals surface area contributed by atoms with Crippen molar-refractivity contribution in [2.45, 2.75) is 58.1 Å². The number of ether oxygens (including phenoxy) is 1. The summed E-state index contributed by atoms with van der Waals surface area (Å²) in [6.45, 7) is 4.35. The van der Waals surface area contributed by atoms with E-state index in [1.165, 1.54) is 0 Å². The van der Waals surface area contributed by atoms with Crippen LogP contribution in [-0.2, 0) is 28.7 Å². The van der Waals surface area contributed by atoms with E-state index in [1.54, 1.807) is 69.3 Å². The molecular weight excluding hydrogens is 602 g/mol. The van der Waals surface area contributed by atoms with E-state index in [-0.39, 0.29) is 38.3 Å². The fraction of sp³-hybridized carbons (Fsp3) is 0.400. The molecule has 2 aromatic carbocycles. The lowest BCUT2D eigenvalue weighted by atomic mass is 9.94. The van der Waals surface area contributed by atoms with E-state index in [0.29, 0.717) is 22.7 Å². The maximum Gasteiger partial charge on any atom is 0.408 e. The number of amides is 4. The maximum absolute atomic E-state index is 12.3. The Balaban J connectivity index is 1.76. The van der Waals surface area contributed by atoms with Gasteiger partial charge < -0.3 is 42.0 Å². The van der Waals surface area contributed by atoms with E-state index in [1.807, 2.05) is 0 Å². The van der Waals surface area contributed by atoms with Crippen molar-refractivity contribution in [3.05, 3.63) is 48.5 Å². The average Bonchev–Trinajstić information content (AvgIpc) is 2.98. The smallest absolute Gasteiger partial charge is 0.408 e. The number of aliphatic carboxylic acids is 2. The molecule has 2 aromatic rings. The predicted octanol–water partition coefficient (Wildman–Crippen LogP) is 3.29. The van der Waals surface area contributed by atoms with Crippen molar-refractivity contribution >= 4 is 58.5 Å². The summed E-state index contributed by atoms with van der Waals surface area (Å²) in [5, 5.41) is 37.1. The lowest BCUT2D eigenvalue weighted by molar-refractivity contribution is -0.144. The molecular formula is C30H39N7O9. The van der Waals surface area contributed by atoms with E-state index >= 15 is 0 Å². The number of hydrogen-bond acceptors (Lipinski definition) is 10. The van der Waals surface area contributed by atoms with Gasteiger partial charge in [-0.2, -0.15) is 10.2 Å². The molecule has 46 heavy (non-hydrogen) atoms. The summed E-state index contributed by atoms with van der Waals surface area (Å²) in [5.74, 6) is -5.14. The van der Waals surface area contributed by atoms with E-state index in [2.05, 4.69) is 31.5 Å². The van der Waals surface area contributed by atoms with Gasteiger partial charge in [-0.1, -0.05) is 0 Å². The van der Waals surface area contributed by atoms with E-state index in [0.717, 1.165) is 0 Å². The molecule has 2 atom stereocenters. The Kier molecular flexibility index (Phi) is 14.2. The first-order valence-corrected chi connectivity index (χ1v) is 14.3. The number of nitrogens with one attached hydrogen (secondary N) is 4. The molecule has 0 saturated heterocycles. The Morgan fingerprint density at radius 3 is 1.78 bits per heavy atom. The number of anilines is 2. The van der Waals surface area contributed by atoms with Gasteiger partial charge in [0.05, 0.1) is 30.4 Å². The molecule has 0 bridgehead atoms. The second-order valence-electron chi connectivity index (χ2n) is 11.1. The highest BCUT2D eigenvalue weighted by Gasteiger charge is 2.30. The van der Waals surface area contributed by atoms with Crippen LogP contribution >= 0.6 is 0 Å². The molecule has 16 heteroatoms. The maximum atomic E-state index is 12.3. The number of azo groups is 1. The minimum atomic E-state index is -1.50. The van der Waals surface area contributed by atoms with Crippen molar-refractivity contribution in [1.29, 1.82) is 0 Å². The number of rotatable bonds is 16. The highest BCUT2D eigenvalue weighted by Crippen LogP contribution is 2.22. The van der Waals surface area contributed by atoms with Gasteiger partial charge in [-0.25, -0.2) is 9.59 Å². The Morgan fingerprint density at radius 2 is 1.33 bits per heavy atom. The van der Waals surface area contributed by atoms with E-state index in [9.17, 15) is 39.0 Å². The second kappa shape index (κ2) is 17.8. The van der Waals surface area contributed by atoms with Crippen LogP contribution in [0.2, 0.25) is 0 Å².